The van der Waals surface area contributed by atoms with Crippen molar-refractivity contribution in [2.75, 3.05) is 26.3 Å². The molecule has 0 fully saturated rings. The molecule has 0 saturated heterocycles. The van der Waals surface area contributed by atoms with Crippen molar-refractivity contribution in [2.24, 2.45) is 0 Å². The lowest BCUT2D eigenvalue weighted by atomic mass is 10.2. The topological polar surface area (TPSA) is 76.7 Å². The summed E-state index contributed by atoms with van der Waals surface area (Å²) in [4.78, 5) is 22.9. The monoisotopic (exact) mass is 342 g/mol. The Morgan fingerprint density at radius 3 is 2.43 bits per heavy atom. The maximum Gasteiger partial charge on any atom is 0.251 e. The first-order valence-corrected chi connectivity index (χ1v) is 7.99. The molecule has 1 aromatic rings. The van der Waals surface area contributed by atoms with Crippen molar-refractivity contribution in [2.45, 2.75) is 27.2 Å². The van der Waals surface area contributed by atoms with Crippen LogP contribution in [0.4, 0.5) is 0 Å². The summed E-state index contributed by atoms with van der Waals surface area (Å²) < 4.78 is 11.1. The standard InChI is InChI=1S/C16H23ClN2O4/c1-4-8-23-15-13(17)9-12(10-14(15)22-5-2)16(21)19-7-6-18-11(3)20/h9-10H,4-8H2,1-3H3,(H,18,20)(H,19,21). The number of hydrogen-bond donors (Lipinski definition) is 2. The van der Waals surface area contributed by atoms with Gasteiger partial charge in [0, 0.05) is 25.6 Å². The lowest BCUT2D eigenvalue weighted by Crippen LogP contribution is -2.33. The zero-order valence-corrected chi connectivity index (χ0v) is 14.5. The third-order valence-corrected chi connectivity index (χ3v) is 3.09. The van der Waals surface area contributed by atoms with Gasteiger partial charge in [-0.25, -0.2) is 0 Å². The van der Waals surface area contributed by atoms with Crippen molar-refractivity contribution in [3.63, 3.8) is 0 Å². The molecule has 0 saturated carbocycles. The maximum atomic E-state index is 12.1. The van der Waals surface area contributed by atoms with Crippen molar-refractivity contribution in [1.82, 2.24) is 10.6 Å². The van der Waals surface area contributed by atoms with Crippen LogP contribution in [0.15, 0.2) is 12.1 Å². The Bertz CT molecular complexity index is 549. The van der Waals surface area contributed by atoms with Gasteiger partial charge in [-0.05, 0) is 25.5 Å². The van der Waals surface area contributed by atoms with Gasteiger partial charge in [0.25, 0.3) is 5.91 Å². The summed E-state index contributed by atoms with van der Waals surface area (Å²) in [7, 11) is 0. The number of carbonyl (C=O) groups excluding carboxylic acids is 2. The molecule has 23 heavy (non-hydrogen) atoms. The Morgan fingerprint density at radius 2 is 1.83 bits per heavy atom. The number of nitrogens with one attached hydrogen (secondary N) is 2. The average molecular weight is 343 g/mol. The molecule has 6 nitrogen and oxygen atoms in total. The van der Waals surface area contributed by atoms with E-state index in [1.165, 1.54) is 6.92 Å². The van der Waals surface area contributed by atoms with E-state index in [1.807, 2.05) is 13.8 Å². The highest BCUT2D eigenvalue weighted by molar-refractivity contribution is 6.32. The molecule has 0 heterocycles. The molecule has 2 amide bonds. The Labute approximate surface area is 141 Å². The van der Waals surface area contributed by atoms with Crippen LogP contribution in [0, 0.1) is 0 Å². The lowest BCUT2D eigenvalue weighted by Gasteiger charge is -2.15. The number of carbonyl (C=O) groups is 2. The van der Waals surface area contributed by atoms with Crippen LogP contribution in [0.2, 0.25) is 5.02 Å². The first kappa shape index (κ1) is 19.1. The Hall–Kier alpha value is -1.95. The molecule has 0 unspecified atom stereocenters. The fourth-order valence-corrected chi connectivity index (χ4v) is 2.09. The van der Waals surface area contributed by atoms with E-state index < -0.39 is 0 Å². The molecule has 128 valence electrons. The van der Waals surface area contributed by atoms with E-state index in [0.717, 1.165) is 6.42 Å². The van der Waals surface area contributed by atoms with Crippen molar-refractivity contribution >= 4 is 23.4 Å². The minimum absolute atomic E-state index is 0.140. The SMILES string of the molecule is CCCOc1c(Cl)cc(C(=O)NCCNC(C)=O)cc1OCC. The van der Waals surface area contributed by atoms with Crippen molar-refractivity contribution < 1.29 is 19.1 Å². The summed E-state index contributed by atoms with van der Waals surface area (Å²) in [5, 5.41) is 5.64. The quantitative estimate of drug-likeness (QED) is 0.676. The first-order valence-electron chi connectivity index (χ1n) is 7.61. The van der Waals surface area contributed by atoms with Gasteiger partial charge in [-0.1, -0.05) is 18.5 Å². The number of amides is 2. The summed E-state index contributed by atoms with van der Waals surface area (Å²) in [6.45, 7) is 6.90. The van der Waals surface area contributed by atoms with Crippen LogP contribution in [0.3, 0.4) is 0 Å². The first-order chi connectivity index (χ1) is 11.0. The van der Waals surface area contributed by atoms with Gasteiger partial charge in [0.05, 0.1) is 18.2 Å². The summed E-state index contributed by atoms with van der Waals surface area (Å²) >= 11 is 6.21. The number of halogens is 1. The van der Waals surface area contributed by atoms with E-state index in [0.29, 0.717) is 48.4 Å². The minimum atomic E-state index is -0.291. The molecule has 0 aromatic heterocycles. The van der Waals surface area contributed by atoms with Gasteiger partial charge in [0.1, 0.15) is 0 Å². The number of rotatable bonds is 9. The molecule has 2 N–H and O–H groups in total. The van der Waals surface area contributed by atoms with Crippen LogP contribution in [0.25, 0.3) is 0 Å². The lowest BCUT2D eigenvalue weighted by molar-refractivity contribution is -0.118. The van der Waals surface area contributed by atoms with Crippen LogP contribution in [0.1, 0.15) is 37.6 Å². The molecular formula is C16H23ClN2O4. The summed E-state index contributed by atoms with van der Waals surface area (Å²) in [6, 6.07) is 3.15. The Balaban J connectivity index is 2.82. The van der Waals surface area contributed by atoms with Crippen molar-refractivity contribution in [3.05, 3.63) is 22.7 Å². The summed E-state index contributed by atoms with van der Waals surface area (Å²) in [5.74, 6) is 0.462. The van der Waals surface area contributed by atoms with Crippen LogP contribution in [-0.4, -0.2) is 38.1 Å². The third kappa shape index (κ3) is 6.36. The molecule has 7 heteroatoms. The largest absolute Gasteiger partial charge is 0.490 e. The summed E-state index contributed by atoms with van der Waals surface area (Å²) in [6.07, 6.45) is 0.841. The van der Waals surface area contributed by atoms with Gasteiger partial charge in [-0.3, -0.25) is 9.59 Å². The highest BCUT2D eigenvalue weighted by atomic mass is 35.5. The van der Waals surface area contributed by atoms with Gasteiger partial charge < -0.3 is 20.1 Å². The number of ether oxygens (including phenoxy) is 2. The van der Waals surface area contributed by atoms with E-state index in [1.54, 1.807) is 12.1 Å². The minimum Gasteiger partial charge on any atom is -0.490 e. The second-order valence-corrected chi connectivity index (χ2v) is 5.21. The Morgan fingerprint density at radius 1 is 1.13 bits per heavy atom. The average Bonchev–Trinajstić information content (AvgIpc) is 2.50. The molecule has 0 aliphatic carbocycles. The predicted molar refractivity (Wildman–Crippen MR) is 89.4 cm³/mol. The number of hydrogen-bond acceptors (Lipinski definition) is 4. The normalized spacial score (nSPS) is 10.1. The highest BCUT2D eigenvalue weighted by Gasteiger charge is 2.16. The summed E-state index contributed by atoms with van der Waals surface area (Å²) in [5.41, 5.74) is 0.380. The van der Waals surface area contributed by atoms with Crippen LogP contribution < -0.4 is 20.1 Å². The van der Waals surface area contributed by atoms with Gasteiger partial charge in [-0.2, -0.15) is 0 Å². The smallest absolute Gasteiger partial charge is 0.251 e. The Kier molecular flexibility index (Phi) is 8.26. The van der Waals surface area contributed by atoms with E-state index in [4.69, 9.17) is 21.1 Å². The molecular weight excluding hydrogens is 320 g/mol. The molecule has 0 aliphatic heterocycles. The van der Waals surface area contributed by atoms with Crippen LogP contribution >= 0.6 is 11.6 Å². The van der Waals surface area contributed by atoms with E-state index >= 15 is 0 Å². The number of benzene rings is 1. The predicted octanol–water partition coefficient (Wildman–Crippen LogP) is 2.39. The molecule has 1 rings (SSSR count). The maximum absolute atomic E-state index is 12.1. The fraction of sp³-hybridized carbons (Fsp3) is 0.500. The van der Waals surface area contributed by atoms with E-state index in [9.17, 15) is 9.59 Å². The fourth-order valence-electron chi connectivity index (χ4n) is 1.82. The van der Waals surface area contributed by atoms with Gasteiger partial charge in [0.2, 0.25) is 5.91 Å². The molecule has 0 radical (unpaired) electrons. The van der Waals surface area contributed by atoms with Gasteiger partial charge in [-0.15, -0.1) is 0 Å². The highest BCUT2D eigenvalue weighted by Crippen LogP contribution is 2.36. The molecule has 1 aromatic carbocycles. The zero-order valence-electron chi connectivity index (χ0n) is 13.7. The second-order valence-electron chi connectivity index (χ2n) is 4.81. The van der Waals surface area contributed by atoms with Crippen LogP contribution in [-0.2, 0) is 4.79 Å². The van der Waals surface area contributed by atoms with Gasteiger partial charge >= 0.3 is 0 Å². The van der Waals surface area contributed by atoms with E-state index in [-0.39, 0.29) is 11.8 Å². The molecule has 0 aliphatic rings. The molecule has 0 spiro atoms. The van der Waals surface area contributed by atoms with Crippen LogP contribution in [0.5, 0.6) is 11.5 Å². The van der Waals surface area contributed by atoms with E-state index in [2.05, 4.69) is 10.6 Å². The molecule has 0 atom stereocenters. The molecule has 0 bridgehead atoms. The zero-order chi connectivity index (χ0) is 17.2. The van der Waals surface area contributed by atoms with Crippen molar-refractivity contribution in [3.8, 4) is 11.5 Å². The van der Waals surface area contributed by atoms with Gasteiger partial charge in [0.15, 0.2) is 11.5 Å². The second kappa shape index (κ2) is 9.94. The third-order valence-electron chi connectivity index (χ3n) is 2.81. The van der Waals surface area contributed by atoms with Crippen molar-refractivity contribution in [1.29, 1.82) is 0 Å².